The minimum Gasteiger partial charge on any atom is -0.338 e. The molecule has 174 valence electrons. The van der Waals surface area contributed by atoms with E-state index in [9.17, 15) is 21.6 Å². The lowest BCUT2D eigenvalue weighted by Gasteiger charge is -2.35. The van der Waals surface area contributed by atoms with Gasteiger partial charge in [0, 0.05) is 26.2 Å². The Morgan fingerprint density at radius 3 is 1.88 bits per heavy atom. The summed E-state index contributed by atoms with van der Waals surface area (Å²) in [6, 6.07) is 12.0. The van der Waals surface area contributed by atoms with Crippen molar-refractivity contribution >= 4 is 31.6 Å². The first-order valence-electron chi connectivity index (χ1n) is 10.3. The van der Waals surface area contributed by atoms with Gasteiger partial charge in [0.05, 0.1) is 16.8 Å². The number of carbonyl (C=O) groups is 1. The van der Waals surface area contributed by atoms with Gasteiger partial charge in [0.2, 0.25) is 26.0 Å². The van der Waals surface area contributed by atoms with Crippen molar-refractivity contribution in [2.45, 2.75) is 25.7 Å². The van der Waals surface area contributed by atoms with Gasteiger partial charge in [-0.05, 0) is 56.2 Å². The van der Waals surface area contributed by atoms with E-state index >= 15 is 0 Å². The van der Waals surface area contributed by atoms with E-state index in [1.807, 2.05) is 26.8 Å². The van der Waals surface area contributed by atoms with Gasteiger partial charge in [-0.2, -0.15) is 4.31 Å². The molecule has 0 saturated carbocycles. The summed E-state index contributed by atoms with van der Waals surface area (Å²) in [6.07, 6.45) is 1.07. The summed E-state index contributed by atoms with van der Waals surface area (Å²) < 4.78 is 53.0. The predicted molar refractivity (Wildman–Crippen MR) is 125 cm³/mol. The monoisotopic (exact) mass is 479 g/mol. The Bertz CT molecular complexity index is 1180. The molecule has 1 amide bonds. The highest BCUT2D eigenvalue weighted by atomic mass is 32.2. The van der Waals surface area contributed by atoms with Gasteiger partial charge in [0.15, 0.2) is 0 Å². The van der Waals surface area contributed by atoms with Gasteiger partial charge in [0.25, 0.3) is 0 Å². The Labute approximate surface area is 190 Å². The lowest BCUT2D eigenvalue weighted by molar-refractivity contribution is -0.130. The summed E-state index contributed by atoms with van der Waals surface area (Å²) >= 11 is 0. The second kappa shape index (κ2) is 9.21. The van der Waals surface area contributed by atoms with Crippen molar-refractivity contribution in [1.82, 2.24) is 9.21 Å². The molecular weight excluding hydrogens is 450 g/mol. The fraction of sp³-hybridized carbons (Fsp3) is 0.409. The van der Waals surface area contributed by atoms with Crippen LogP contribution in [-0.2, 0) is 24.8 Å². The standard InChI is InChI=1S/C22H29N3O5S2/c1-17-5-7-21(8-6-17)32(29,30)24-11-9-23(10-12-24)22(26)16-25(31(4,27)28)20-14-18(2)13-19(3)15-20/h5-8,13-15H,9-12,16H2,1-4H3. The zero-order chi connectivity index (χ0) is 23.7. The topological polar surface area (TPSA) is 95.1 Å². The van der Waals surface area contributed by atoms with Crippen molar-refractivity contribution in [1.29, 1.82) is 0 Å². The van der Waals surface area contributed by atoms with E-state index in [0.29, 0.717) is 5.69 Å². The van der Waals surface area contributed by atoms with Gasteiger partial charge in [-0.3, -0.25) is 9.10 Å². The molecule has 8 nitrogen and oxygen atoms in total. The second-order valence-electron chi connectivity index (χ2n) is 8.21. The molecule has 1 fully saturated rings. The highest BCUT2D eigenvalue weighted by Gasteiger charge is 2.31. The molecule has 32 heavy (non-hydrogen) atoms. The number of anilines is 1. The molecule has 2 aromatic carbocycles. The first-order valence-corrected chi connectivity index (χ1v) is 13.6. The van der Waals surface area contributed by atoms with Crippen LogP contribution in [0.4, 0.5) is 5.69 Å². The maximum Gasteiger partial charge on any atom is 0.243 e. The third-order valence-corrected chi connectivity index (χ3v) is 8.48. The molecule has 0 bridgehead atoms. The summed E-state index contributed by atoms with van der Waals surface area (Å²) in [4.78, 5) is 14.7. The lowest BCUT2D eigenvalue weighted by Crippen LogP contribution is -2.53. The SMILES string of the molecule is Cc1ccc(S(=O)(=O)N2CCN(C(=O)CN(c3cc(C)cc(C)c3)S(C)(=O)=O)CC2)cc1. The van der Waals surface area contributed by atoms with Gasteiger partial charge < -0.3 is 4.90 Å². The summed E-state index contributed by atoms with van der Waals surface area (Å²) in [7, 11) is -7.32. The summed E-state index contributed by atoms with van der Waals surface area (Å²) in [6.45, 7) is 6.02. The van der Waals surface area contributed by atoms with Gasteiger partial charge in [-0.15, -0.1) is 0 Å². The van der Waals surface area contributed by atoms with Crippen molar-refractivity contribution in [2.75, 3.05) is 43.3 Å². The van der Waals surface area contributed by atoms with Gasteiger partial charge in [-0.1, -0.05) is 23.8 Å². The maximum absolute atomic E-state index is 12.9. The third kappa shape index (κ3) is 5.48. The fourth-order valence-electron chi connectivity index (χ4n) is 3.75. The number of benzene rings is 2. The van der Waals surface area contributed by atoms with Gasteiger partial charge in [-0.25, -0.2) is 16.8 Å². The minimum absolute atomic E-state index is 0.157. The van der Waals surface area contributed by atoms with Crippen molar-refractivity contribution in [3.8, 4) is 0 Å². The van der Waals surface area contributed by atoms with Crippen molar-refractivity contribution in [3.05, 3.63) is 59.2 Å². The smallest absolute Gasteiger partial charge is 0.243 e. The predicted octanol–water partition coefficient (Wildman–Crippen LogP) is 1.91. The molecule has 0 unspecified atom stereocenters. The number of hydrogen-bond donors (Lipinski definition) is 0. The van der Waals surface area contributed by atoms with Crippen LogP contribution in [0.25, 0.3) is 0 Å². The summed E-state index contributed by atoms with van der Waals surface area (Å²) in [5, 5.41) is 0. The molecule has 2 aromatic rings. The highest BCUT2D eigenvalue weighted by Crippen LogP contribution is 2.22. The van der Waals surface area contributed by atoms with E-state index < -0.39 is 20.0 Å². The molecule has 0 N–H and O–H groups in total. The Morgan fingerprint density at radius 1 is 0.844 bits per heavy atom. The van der Waals surface area contributed by atoms with E-state index in [2.05, 4.69) is 0 Å². The van der Waals surface area contributed by atoms with Crippen molar-refractivity contribution < 1.29 is 21.6 Å². The Morgan fingerprint density at radius 2 is 1.38 bits per heavy atom. The van der Waals surface area contributed by atoms with E-state index in [4.69, 9.17) is 0 Å². The number of carbonyl (C=O) groups excluding carboxylic acids is 1. The van der Waals surface area contributed by atoms with Crippen LogP contribution in [0.5, 0.6) is 0 Å². The van der Waals surface area contributed by atoms with E-state index in [0.717, 1.165) is 27.3 Å². The van der Waals surface area contributed by atoms with E-state index in [1.165, 1.54) is 9.21 Å². The number of piperazine rings is 1. The Hall–Kier alpha value is -2.43. The van der Waals surface area contributed by atoms with Crippen LogP contribution >= 0.6 is 0 Å². The third-order valence-electron chi connectivity index (χ3n) is 5.42. The number of rotatable bonds is 6. The highest BCUT2D eigenvalue weighted by molar-refractivity contribution is 7.92. The van der Waals surface area contributed by atoms with Crippen molar-refractivity contribution in [2.24, 2.45) is 0 Å². The molecule has 1 aliphatic rings. The number of aryl methyl sites for hydroxylation is 3. The van der Waals surface area contributed by atoms with Gasteiger partial charge >= 0.3 is 0 Å². The molecule has 10 heteroatoms. The Balaban J connectivity index is 1.70. The fourth-order valence-corrected chi connectivity index (χ4v) is 6.01. The molecule has 3 rings (SSSR count). The minimum atomic E-state index is -3.68. The average Bonchev–Trinajstić information content (AvgIpc) is 2.70. The molecule has 0 spiro atoms. The molecule has 0 aliphatic carbocycles. The molecule has 0 atom stereocenters. The van der Waals surface area contributed by atoms with Crippen LogP contribution in [0.15, 0.2) is 47.4 Å². The van der Waals surface area contributed by atoms with Gasteiger partial charge in [0.1, 0.15) is 6.54 Å². The molecule has 0 radical (unpaired) electrons. The molecule has 1 heterocycles. The van der Waals surface area contributed by atoms with E-state index in [1.54, 1.807) is 36.4 Å². The number of nitrogens with zero attached hydrogens (tertiary/aromatic N) is 3. The maximum atomic E-state index is 12.9. The number of amides is 1. The average molecular weight is 480 g/mol. The first-order chi connectivity index (χ1) is 14.9. The largest absolute Gasteiger partial charge is 0.338 e. The molecular formula is C22H29N3O5S2. The van der Waals surface area contributed by atoms with E-state index in [-0.39, 0.29) is 43.5 Å². The zero-order valence-corrected chi connectivity index (χ0v) is 20.4. The van der Waals surface area contributed by atoms with Crippen LogP contribution in [0.3, 0.4) is 0 Å². The molecule has 0 aromatic heterocycles. The van der Waals surface area contributed by atoms with Crippen LogP contribution in [0, 0.1) is 20.8 Å². The lowest BCUT2D eigenvalue weighted by atomic mass is 10.1. The second-order valence-corrected chi connectivity index (χ2v) is 12.1. The molecule has 1 saturated heterocycles. The van der Waals surface area contributed by atoms with Crippen LogP contribution in [-0.4, -0.2) is 70.9 Å². The first kappa shape index (κ1) is 24.2. The zero-order valence-electron chi connectivity index (χ0n) is 18.8. The Kier molecular flexibility index (Phi) is 6.97. The van der Waals surface area contributed by atoms with Crippen molar-refractivity contribution in [3.63, 3.8) is 0 Å². The number of hydrogen-bond acceptors (Lipinski definition) is 5. The summed E-state index contributed by atoms with van der Waals surface area (Å²) in [5.74, 6) is -0.359. The quantitative estimate of drug-likeness (QED) is 0.631. The number of sulfonamides is 2. The molecule has 1 aliphatic heterocycles. The van der Waals surface area contributed by atoms with Crippen LogP contribution in [0.1, 0.15) is 16.7 Å². The normalized spacial score (nSPS) is 15.6. The van der Waals surface area contributed by atoms with Crippen LogP contribution in [0.2, 0.25) is 0 Å². The summed E-state index contributed by atoms with van der Waals surface area (Å²) in [5.41, 5.74) is 3.21. The van der Waals surface area contributed by atoms with Crippen LogP contribution < -0.4 is 4.31 Å².